The molecule has 0 aliphatic carbocycles. The second kappa shape index (κ2) is 8.76. The van der Waals surface area contributed by atoms with Gasteiger partial charge in [0.2, 0.25) is 0 Å². The molecule has 4 heteroatoms. The van der Waals surface area contributed by atoms with Crippen LogP contribution >= 0.6 is 0 Å². The van der Waals surface area contributed by atoms with Crippen molar-refractivity contribution >= 4 is 65.6 Å². The normalized spacial score (nSPS) is 12.1. The molecule has 0 unspecified atom stereocenters. The number of rotatable bonds is 3. The van der Waals surface area contributed by atoms with E-state index in [0.29, 0.717) is 11.4 Å². The van der Waals surface area contributed by atoms with Crippen molar-refractivity contribution in [2.24, 2.45) is 0 Å². The Kier molecular flexibility index (Phi) is 4.69. The number of furan rings is 2. The monoisotopic (exact) mass is 562 g/mol. The standard InChI is InChI=1S/C40H22N2O2/c1-2-10-23(11-3-1)37-39-38(29-14-4-5-19-31(29)44-39)42-40(41-37)25-13-6-12-24(22-25)26-15-7-16-27-28-17-8-20-32-35(28)36-30(34(26)27)18-9-21-33(36)43-32/h1-22H. The summed E-state index contributed by atoms with van der Waals surface area (Å²) in [6.07, 6.45) is 0. The predicted octanol–water partition coefficient (Wildman–Crippen LogP) is 11.0. The van der Waals surface area contributed by atoms with Gasteiger partial charge in [0.1, 0.15) is 28.0 Å². The quantitative estimate of drug-likeness (QED) is 0.201. The Morgan fingerprint density at radius 2 is 1.02 bits per heavy atom. The number of para-hydroxylation sites is 1. The molecule has 44 heavy (non-hydrogen) atoms. The molecule has 3 heterocycles. The Morgan fingerprint density at radius 1 is 0.409 bits per heavy atom. The lowest BCUT2D eigenvalue weighted by Gasteiger charge is -2.13. The van der Waals surface area contributed by atoms with E-state index in [1.54, 1.807) is 0 Å². The van der Waals surface area contributed by atoms with Crippen LogP contribution in [0.3, 0.4) is 0 Å². The first-order valence-corrected chi connectivity index (χ1v) is 14.8. The van der Waals surface area contributed by atoms with Crippen LogP contribution in [0.25, 0.3) is 99.3 Å². The predicted molar refractivity (Wildman–Crippen MR) is 179 cm³/mol. The largest absolute Gasteiger partial charge is 0.456 e. The van der Waals surface area contributed by atoms with Gasteiger partial charge in [-0.15, -0.1) is 0 Å². The maximum Gasteiger partial charge on any atom is 0.180 e. The molecule has 0 saturated heterocycles. The molecule has 0 amide bonds. The van der Waals surface area contributed by atoms with Crippen molar-refractivity contribution in [2.75, 3.05) is 0 Å². The number of hydrogen-bond acceptors (Lipinski definition) is 4. The van der Waals surface area contributed by atoms with Crippen LogP contribution in [-0.4, -0.2) is 9.97 Å². The highest BCUT2D eigenvalue weighted by Gasteiger charge is 2.20. The first-order chi connectivity index (χ1) is 21.8. The molecule has 204 valence electrons. The molecule has 0 aliphatic rings. The zero-order valence-corrected chi connectivity index (χ0v) is 23.4. The van der Waals surface area contributed by atoms with E-state index in [-0.39, 0.29) is 0 Å². The molecule has 10 rings (SSSR count). The van der Waals surface area contributed by atoms with Gasteiger partial charge in [-0.25, -0.2) is 9.97 Å². The van der Waals surface area contributed by atoms with Crippen LogP contribution in [0.5, 0.6) is 0 Å². The summed E-state index contributed by atoms with van der Waals surface area (Å²) in [5, 5.41) is 8.20. The molecule has 0 N–H and O–H groups in total. The number of nitrogens with zero attached hydrogens (tertiary/aromatic N) is 2. The summed E-state index contributed by atoms with van der Waals surface area (Å²) in [5.41, 5.74) is 9.17. The fourth-order valence-electron chi connectivity index (χ4n) is 6.94. The summed E-state index contributed by atoms with van der Waals surface area (Å²) in [6, 6.07) is 46.1. The van der Waals surface area contributed by atoms with Gasteiger partial charge in [-0.1, -0.05) is 103 Å². The number of benzene rings is 7. The highest BCUT2D eigenvalue weighted by molar-refractivity contribution is 6.34. The topological polar surface area (TPSA) is 52.1 Å². The minimum atomic E-state index is 0.665. The molecule has 0 bridgehead atoms. The van der Waals surface area contributed by atoms with Gasteiger partial charge < -0.3 is 8.83 Å². The van der Waals surface area contributed by atoms with Gasteiger partial charge in [0, 0.05) is 27.3 Å². The molecule has 0 spiro atoms. The third-order valence-electron chi connectivity index (χ3n) is 8.85. The summed E-state index contributed by atoms with van der Waals surface area (Å²) in [4.78, 5) is 10.2. The SMILES string of the molecule is c1ccc(-c2nc(-c3cccc(-c4cccc5c6cccc7oc8cccc(c45)c8c76)c3)nc3c2oc2ccccc23)cc1. The summed E-state index contributed by atoms with van der Waals surface area (Å²) < 4.78 is 12.6. The van der Waals surface area contributed by atoms with E-state index in [1.165, 1.54) is 37.9 Å². The van der Waals surface area contributed by atoms with Crippen molar-refractivity contribution in [3.05, 3.63) is 133 Å². The highest BCUT2D eigenvalue weighted by atomic mass is 16.3. The Labute approximate surface area is 251 Å². The van der Waals surface area contributed by atoms with Gasteiger partial charge in [-0.2, -0.15) is 0 Å². The lowest BCUT2D eigenvalue weighted by Crippen LogP contribution is -1.94. The molecular weight excluding hydrogens is 540 g/mol. The molecule has 10 aromatic rings. The number of aromatic nitrogens is 2. The maximum atomic E-state index is 6.32. The highest BCUT2D eigenvalue weighted by Crippen LogP contribution is 2.45. The van der Waals surface area contributed by atoms with Crippen molar-refractivity contribution in [3.63, 3.8) is 0 Å². The Hall–Kier alpha value is -6.00. The zero-order valence-electron chi connectivity index (χ0n) is 23.4. The van der Waals surface area contributed by atoms with Gasteiger partial charge in [0.25, 0.3) is 0 Å². The number of fused-ring (bicyclic) bond motifs is 6. The third kappa shape index (κ3) is 3.22. The summed E-state index contributed by atoms with van der Waals surface area (Å²) >= 11 is 0. The summed E-state index contributed by atoms with van der Waals surface area (Å²) in [7, 11) is 0. The van der Waals surface area contributed by atoms with E-state index < -0.39 is 0 Å². The van der Waals surface area contributed by atoms with Crippen LogP contribution in [0, 0.1) is 0 Å². The Morgan fingerprint density at radius 3 is 1.89 bits per heavy atom. The Bertz CT molecular complexity index is 2720. The van der Waals surface area contributed by atoms with Crippen molar-refractivity contribution in [1.29, 1.82) is 0 Å². The molecule has 7 aromatic carbocycles. The molecule has 0 atom stereocenters. The zero-order chi connectivity index (χ0) is 28.8. The summed E-state index contributed by atoms with van der Waals surface area (Å²) in [5.74, 6) is 0.665. The van der Waals surface area contributed by atoms with E-state index in [4.69, 9.17) is 18.8 Å². The van der Waals surface area contributed by atoms with Crippen molar-refractivity contribution in [2.45, 2.75) is 0 Å². The van der Waals surface area contributed by atoms with Crippen molar-refractivity contribution in [3.8, 4) is 33.8 Å². The van der Waals surface area contributed by atoms with Gasteiger partial charge in [-0.05, 0) is 63.0 Å². The van der Waals surface area contributed by atoms with Gasteiger partial charge in [0.15, 0.2) is 11.4 Å². The maximum absolute atomic E-state index is 6.32. The Balaban J connectivity index is 1.24. The second-order valence-corrected chi connectivity index (χ2v) is 11.3. The van der Waals surface area contributed by atoms with Gasteiger partial charge in [-0.3, -0.25) is 0 Å². The van der Waals surface area contributed by atoms with Crippen LogP contribution in [0.15, 0.2) is 142 Å². The van der Waals surface area contributed by atoms with Crippen molar-refractivity contribution in [1.82, 2.24) is 9.97 Å². The van der Waals surface area contributed by atoms with E-state index in [1.807, 2.05) is 36.4 Å². The van der Waals surface area contributed by atoms with Crippen LogP contribution in [-0.2, 0) is 0 Å². The first-order valence-electron chi connectivity index (χ1n) is 14.8. The van der Waals surface area contributed by atoms with Crippen LogP contribution in [0.4, 0.5) is 0 Å². The minimum absolute atomic E-state index is 0.665. The number of hydrogen-bond donors (Lipinski definition) is 0. The first kappa shape index (κ1) is 23.6. The third-order valence-corrected chi connectivity index (χ3v) is 8.85. The second-order valence-electron chi connectivity index (χ2n) is 11.3. The van der Waals surface area contributed by atoms with E-state index in [2.05, 4.69) is 97.1 Å². The van der Waals surface area contributed by atoms with E-state index >= 15 is 0 Å². The van der Waals surface area contributed by atoms with Crippen molar-refractivity contribution < 1.29 is 8.83 Å². The molecule has 0 aliphatic heterocycles. The lowest BCUT2D eigenvalue weighted by atomic mass is 9.89. The average molecular weight is 563 g/mol. The van der Waals surface area contributed by atoms with Crippen LogP contribution in [0.1, 0.15) is 0 Å². The molecule has 4 nitrogen and oxygen atoms in total. The van der Waals surface area contributed by atoms with Gasteiger partial charge in [0.05, 0.1) is 0 Å². The average Bonchev–Trinajstić information content (AvgIpc) is 3.67. The fraction of sp³-hybridized carbons (Fsp3) is 0. The van der Waals surface area contributed by atoms with E-state index in [9.17, 15) is 0 Å². The minimum Gasteiger partial charge on any atom is -0.456 e. The molecule has 3 aromatic heterocycles. The molecular formula is C40H22N2O2. The smallest absolute Gasteiger partial charge is 0.180 e. The fourth-order valence-corrected chi connectivity index (χ4v) is 6.94. The van der Waals surface area contributed by atoms with E-state index in [0.717, 1.165) is 50.0 Å². The molecule has 0 saturated carbocycles. The van der Waals surface area contributed by atoms with Crippen LogP contribution in [0.2, 0.25) is 0 Å². The molecule has 0 fully saturated rings. The van der Waals surface area contributed by atoms with Gasteiger partial charge >= 0.3 is 0 Å². The van der Waals surface area contributed by atoms with Crippen LogP contribution < -0.4 is 0 Å². The summed E-state index contributed by atoms with van der Waals surface area (Å²) in [6.45, 7) is 0. The molecule has 0 radical (unpaired) electrons. The lowest BCUT2D eigenvalue weighted by molar-refractivity contribution is 0.667.